The number of aryl methyl sites for hydroxylation is 1. The Labute approximate surface area is 138 Å². The van der Waals surface area contributed by atoms with Gasteiger partial charge in [-0.3, -0.25) is 0 Å². The number of ether oxygens (including phenoxy) is 1. The number of nitrogens with two attached hydrogens (primary N) is 1. The van der Waals surface area contributed by atoms with Crippen molar-refractivity contribution in [3.05, 3.63) is 40.4 Å². The Kier molecular flexibility index (Phi) is 5.70. The number of esters is 1. The number of benzene rings is 1. The number of carbonyl (C=O) groups excluding carboxylic acids is 1. The Morgan fingerprint density at radius 3 is 2.87 bits per heavy atom. The molecule has 0 aliphatic heterocycles. The molecule has 2 rings (SSSR count). The summed E-state index contributed by atoms with van der Waals surface area (Å²) in [6.45, 7) is 6.38. The van der Waals surface area contributed by atoms with Crippen LogP contribution in [0.15, 0.2) is 28.7 Å². The second-order valence-electron chi connectivity index (χ2n) is 5.28. The van der Waals surface area contributed by atoms with Crippen molar-refractivity contribution in [3.8, 4) is 5.75 Å². The zero-order chi connectivity index (χ0) is 16.8. The molecule has 0 bridgehead atoms. The third-order valence-electron chi connectivity index (χ3n) is 3.10. The number of hydrogen-bond donors (Lipinski definition) is 1. The summed E-state index contributed by atoms with van der Waals surface area (Å²) >= 11 is 1.32. The lowest BCUT2D eigenvalue weighted by Gasteiger charge is -2.10. The maximum absolute atomic E-state index is 11.7. The summed E-state index contributed by atoms with van der Waals surface area (Å²) in [4.78, 5) is 20.7. The Bertz CT molecular complexity index is 710. The van der Waals surface area contributed by atoms with Gasteiger partial charge in [-0.1, -0.05) is 25.1 Å². The van der Waals surface area contributed by atoms with Gasteiger partial charge < -0.3 is 15.3 Å². The fraction of sp³-hybridized carbons (Fsp3) is 0.312. The first-order chi connectivity index (χ1) is 11.0. The van der Waals surface area contributed by atoms with Crippen LogP contribution in [-0.4, -0.2) is 17.2 Å². The molecule has 0 aliphatic carbocycles. The molecule has 0 aliphatic rings. The van der Waals surface area contributed by atoms with Crippen LogP contribution in [0.5, 0.6) is 5.75 Å². The predicted octanol–water partition coefficient (Wildman–Crippen LogP) is 3.27. The fourth-order valence-electron chi connectivity index (χ4n) is 2.07. The van der Waals surface area contributed by atoms with Gasteiger partial charge in [-0.05, 0) is 36.1 Å². The van der Waals surface area contributed by atoms with Gasteiger partial charge in [0, 0.05) is 5.38 Å². The number of rotatable bonds is 6. The molecule has 0 spiro atoms. The molecular weight excluding hydrogens is 314 g/mol. The quantitative estimate of drug-likeness (QED) is 0.379. The molecule has 1 heterocycles. The number of thiazole rings is 1. The zero-order valence-electron chi connectivity index (χ0n) is 13.3. The van der Waals surface area contributed by atoms with Crippen molar-refractivity contribution in [2.75, 3.05) is 5.73 Å². The number of oxime groups is 1. The summed E-state index contributed by atoms with van der Waals surface area (Å²) in [6.07, 6.45) is 0.988. The molecule has 0 amide bonds. The minimum Gasteiger partial charge on any atom is -0.422 e. The highest BCUT2D eigenvalue weighted by atomic mass is 32.1. The first kappa shape index (κ1) is 17.0. The van der Waals surface area contributed by atoms with Crippen LogP contribution in [0.2, 0.25) is 0 Å². The van der Waals surface area contributed by atoms with Gasteiger partial charge in [-0.25, -0.2) is 9.78 Å². The van der Waals surface area contributed by atoms with E-state index in [4.69, 9.17) is 15.3 Å². The Morgan fingerprint density at radius 2 is 2.26 bits per heavy atom. The molecule has 0 saturated carbocycles. The van der Waals surface area contributed by atoms with Gasteiger partial charge in [-0.15, -0.1) is 11.3 Å². The second-order valence-corrected chi connectivity index (χ2v) is 6.17. The first-order valence-electron chi connectivity index (χ1n) is 7.13. The van der Waals surface area contributed by atoms with Gasteiger partial charge in [-0.2, -0.15) is 0 Å². The molecule has 1 aromatic heterocycles. The molecule has 6 nitrogen and oxygen atoms in total. The Morgan fingerprint density at radius 1 is 1.48 bits per heavy atom. The van der Waals surface area contributed by atoms with Gasteiger partial charge in [0.25, 0.3) is 0 Å². The molecule has 23 heavy (non-hydrogen) atoms. The van der Waals surface area contributed by atoms with E-state index >= 15 is 0 Å². The number of hydrogen-bond acceptors (Lipinski definition) is 7. The summed E-state index contributed by atoms with van der Waals surface area (Å²) in [7, 11) is 0. The zero-order valence-corrected chi connectivity index (χ0v) is 14.1. The third kappa shape index (κ3) is 5.07. The predicted molar refractivity (Wildman–Crippen MR) is 90.7 cm³/mol. The van der Waals surface area contributed by atoms with Crippen LogP contribution in [0.1, 0.15) is 36.6 Å². The Hall–Kier alpha value is -2.41. The molecule has 0 fully saturated rings. The van der Waals surface area contributed by atoms with Crippen molar-refractivity contribution in [2.24, 2.45) is 5.16 Å². The molecule has 2 aromatic rings. The lowest BCUT2D eigenvalue weighted by Crippen LogP contribution is -2.09. The van der Waals surface area contributed by atoms with Crippen LogP contribution < -0.4 is 10.5 Å². The highest BCUT2D eigenvalue weighted by Crippen LogP contribution is 2.23. The first-order valence-corrected chi connectivity index (χ1v) is 8.01. The van der Waals surface area contributed by atoms with Crippen LogP contribution in [0.25, 0.3) is 0 Å². The van der Waals surface area contributed by atoms with E-state index in [0.29, 0.717) is 22.5 Å². The van der Waals surface area contributed by atoms with Gasteiger partial charge in [0.15, 0.2) is 18.0 Å². The SMILES string of the molecule is Cc1cc(OC(=O)C=NOCc2csc(N)n2)ccc1C(C)C. The number of aromatic nitrogens is 1. The highest BCUT2D eigenvalue weighted by molar-refractivity contribution is 7.13. The van der Waals surface area contributed by atoms with E-state index in [1.807, 2.05) is 19.1 Å². The molecule has 0 unspecified atom stereocenters. The van der Waals surface area contributed by atoms with Crippen molar-refractivity contribution >= 4 is 28.7 Å². The minimum absolute atomic E-state index is 0.152. The number of nitrogens with zero attached hydrogens (tertiary/aromatic N) is 2. The highest BCUT2D eigenvalue weighted by Gasteiger charge is 2.07. The third-order valence-corrected chi connectivity index (χ3v) is 3.82. The van der Waals surface area contributed by atoms with E-state index in [1.54, 1.807) is 11.4 Å². The lowest BCUT2D eigenvalue weighted by molar-refractivity contribution is -0.126. The average molecular weight is 333 g/mol. The van der Waals surface area contributed by atoms with Crippen LogP contribution in [0.4, 0.5) is 5.13 Å². The minimum atomic E-state index is -0.598. The molecule has 122 valence electrons. The van der Waals surface area contributed by atoms with E-state index in [2.05, 4.69) is 24.0 Å². The van der Waals surface area contributed by atoms with Gasteiger partial charge in [0.1, 0.15) is 5.75 Å². The molecular formula is C16H19N3O3S. The maximum Gasteiger partial charge on any atom is 0.358 e. The van der Waals surface area contributed by atoms with Crippen LogP contribution in [-0.2, 0) is 16.2 Å². The van der Waals surface area contributed by atoms with E-state index < -0.39 is 5.97 Å². The molecule has 0 saturated heterocycles. The van der Waals surface area contributed by atoms with E-state index in [-0.39, 0.29) is 6.61 Å². The van der Waals surface area contributed by atoms with E-state index in [9.17, 15) is 4.79 Å². The summed E-state index contributed by atoms with van der Waals surface area (Å²) in [5, 5.41) is 5.80. The number of carbonyl (C=O) groups is 1. The van der Waals surface area contributed by atoms with Crippen LogP contribution in [0.3, 0.4) is 0 Å². The van der Waals surface area contributed by atoms with E-state index in [0.717, 1.165) is 11.8 Å². The van der Waals surface area contributed by atoms with Gasteiger partial charge in [0.05, 0.1) is 5.69 Å². The molecule has 1 aromatic carbocycles. The molecule has 7 heteroatoms. The summed E-state index contributed by atoms with van der Waals surface area (Å²) in [6, 6.07) is 5.57. The number of anilines is 1. The molecule has 2 N–H and O–H groups in total. The molecule has 0 radical (unpaired) electrons. The van der Waals surface area contributed by atoms with Crippen molar-refractivity contribution in [2.45, 2.75) is 33.3 Å². The van der Waals surface area contributed by atoms with Crippen molar-refractivity contribution in [1.29, 1.82) is 0 Å². The summed E-state index contributed by atoms with van der Waals surface area (Å²) < 4.78 is 5.18. The maximum atomic E-state index is 11.7. The second kappa shape index (κ2) is 7.73. The topological polar surface area (TPSA) is 86.8 Å². The van der Waals surface area contributed by atoms with Crippen molar-refractivity contribution < 1.29 is 14.4 Å². The van der Waals surface area contributed by atoms with Gasteiger partial charge in [0.2, 0.25) is 0 Å². The Balaban J connectivity index is 1.84. The lowest BCUT2D eigenvalue weighted by atomic mass is 9.98. The van der Waals surface area contributed by atoms with Crippen LogP contribution >= 0.6 is 11.3 Å². The van der Waals surface area contributed by atoms with Crippen LogP contribution in [0, 0.1) is 6.92 Å². The number of nitrogen functional groups attached to an aromatic ring is 1. The standard InChI is InChI=1S/C16H19N3O3S/c1-10(2)14-5-4-13(6-11(14)3)22-15(20)7-18-21-8-12-9-23-16(17)19-12/h4-7,9-10H,8H2,1-3H3,(H2,17,19). The van der Waals surface area contributed by atoms with Crippen molar-refractivity contribution in [3.63, 3.8) is 0 Å². The summed E-state index contributed by atoms with van der Waals surface area (Å²) in [5.41, 5.74) is 8.47. The fourth-order valence-corrected chi connectivity index (χ4v) is 2.62. The van der Waals surface area contributed by atoms with E-state index in [1.165, 1.54) is 16.9 Å². The monoisotopic (exact) mass is 333 g/mol. The van der Waals surface area contributed by atoms with Crippen molar-refractivity contribution in [1.82, 2.24) is 4.98 Å². The van der Waals surface area contributed by atoms with Gasteiger partial charge >= 0.3 is 5.97 Å². The summed E-state index contributed by atoms with van der Waals surface area (Å²) in [5.74, 6) is 0.310. The normalized spacial score (nSPS) is 11.1. The average Bonchev–Trinajstić information content (AvgIpc) is 2.89. The largest absolute Gasteiger partial charge is 0.422 e. The molecule has 0 atom stereocenters. The smallest absolute Gasteiger partial charge is 0.358 e.